The van der Waals surface area contributed by atoms with Gasteiger partial charge in [0.05, 0.1) is 29.7 Å². The summed E-state index contributed by atoms with van der Waals surface area (Å²) in [5.74, 6) is 0.822. The molecular weight excluding hydrogens is 224 g/mol. The lowest BCUT2D eigenvalue weighted by Crippen LogP contribution is -2.13. The van der Waals surface area contributed by atoms with Gasteiger partial charge in [-0.2, -0.15) is 10.5 Å². The van der Waals surface area contributed by atoms with E-state index in [-0.39, 0.29) is 5.41 Å². The van der Waals surface area contributed by atoms with Gasteiger partial charge < -0.3 is 4.74 Å². The van der Waals surface area contributed by atoms with Gasteiger partial charge in [0.2, 0.25) is 0 Å². The quantitative estimate of drug-likeness (QED) is 0.812. The summed E-state index contributed by atoms with van der Waals surface area (Å²) in [5.41, 5.74) is 2.20. The van der Waals surface area contributed by atoms with Crippen molar-refractivity contribution in [2.45, 2.75) is 34.1 Å². The minimum absolute atomic E-state index is 0.367. The molecule has 0 N–H and O–H groups in total. The van der Waals surface area contributed by atoms with Gasteiger partial charge in [-0.25, -0.2) is 0 Å². The molecule has 0 atom stereocenters. The van der Waals surface area contributed by atoms with E-state index in [9.17, 15) is 0 Å². The van der Waals surface area contributed by atoms with Gasteiger partial charge in [-0.3, -0.25) is 0 Å². The van der Waals surface area contributed by atoms with Crippen molar-refractivity contribution in [2.24, 2.45) is 5.41 Å². The average molecular weight is 242 g/mol. The molecule has 3 nitrogen and oxygen atoms in total. The van der Waals surface area contributed by atoms with Crippen LogP contribution in [0, 0.1) is 41.9 Å². The van der Waals surface area contributed by atoms with Crippen LogP contribution in [0.25, 0.3) is 0 Å². The molecule has 0 bridgehead atoms. The molecule has 0 saturated carbocycles. The fraction of sp³-hybridized carbons (Fsp3) is 0.467. The first-order valence-electron chi connectivity index (χ1n) is 5.95. The zero-order valence-corrected chi connectivity index (χ0v) is 11.4. The summed E-state index contributed by atoms with van der Waals surface area (Å²) in [6.07, 6.45) is 0.683. The van der Waals surface area contributed by atoms with Crippen LogP contribution in [0.5, 0.6) is 5.75 Å². The molecule has 0 aromatic heterocycles. The number of nitrogens with zero attached hydrogens (tertiary/aromatic N) is 2. The second-order valence-electron chi connectivity index (χ2n) is 5.15. The van der Waals surface area contributed by atoms with Crippen molar-refractivity contribution in [3.8, 4) is 17.9 Å². The van der Waals surface area contributed by atoms with Crippen LogP contribution in [0.1, 0.15) is 37.0 Å². The van der Waals surface area contributed by atoms with E-state index < -0.39 is 0 Å². The lowest BCUT2D eigenvalue weighted by Gasteiger charge is -2.17. The topological polar surface area (TPSA) is 56.8 Å². The normalized spacial score (nSPS) is 10.6. The minimum Gasteiger partial charge on any atom is -0.493 e. The van der Waals surface area contributed by atoms with Gasteiger partial charge in [0.15, 0.2) is 0 Å². The van der Waals surface area contributed by atoms with E-state index >= 15 is 0 Å². The van der Waals surface area contributed by atoms with Crippen molar-refractivity contribution in [1.29, 1.82) is 10.5 Å². The van der Waals surface area contributed by atoms with Crippen molar-refractivity contribution in [2.75, 3.05) is 6.61 Å². The van der Waals surface area contributed by atoms with Crippen LogP contribution in [0.3, 0.4) is 0 Å². The monoisotopic (exact) mass is 242 g/mol. The Labute approximate surface area is 109 Å². The average Bonchev–Trinajstić information content (AvgIpc) is 2.32. The van der Waals surface area contributed by atoms with E-state index in [2.05, 4.69) is 12.1 Å². The number of nitriles is 2. The first kappa shape index (κ1) is 14.1. The molecule has 0 fully saturated rings. The molecule has 1 aromatic rings. The van der Waals surface area contributed by atoms with Crippen molar-refractivity contribution in [3.05, 3.63) is 28.8 Å². The molecule has 0 unspecified atom stereocenters. The highest BCUT2D eigenvalue weighted by atomic mass is 16.5. The van der Waals surface area contributed by atoms with Gasteiger partial charge in [-0.1, -0.05) is 0 Å². The Balaban J connectivity index is 2.76. The van der Waals surface area contributed by atoms with Crippen LogP contribution in [0.15, 0.2) is 12.1 Å². The van der Waals surface area contributed by atoms with Crippen LogP contribution in [-0.4, -0.2) is 6.61 Å². The van der Waals surface area contributed by atoms with Gasteiger partial charge in [0.25, 0.3) is 0 Å². The van der Waals surface area contributed by atoms with E-state index in [1.54, 1.807) is 0 Å². The third-order valence-corrected chi connectivity index (χ3v) is 2.87. The van der Waals surface area contributed by atoms with Crippen molar-refractivity contribution in [1.82, 2.24) is 0 Å². The molecule has 0 saturated heterocycles. The van der Waals surface area contributed by atoms with E-state index in [0.29, 0.717) is 18.6 Å². The summed E-state index contributed by atoms with van der Waals surface area (Å²) in [6.45, 7) is 8.16. The molecule has 1 rings (SSSR count). The Morgan fingerprint density at radius 3 is 2.17 bits per heavy atom. The largest absolute Gasteiger partial charge is 0.493 e. The third-order valence-electron chi connectivity index (χ3n) is 2.87. The molecule has 0 amide bonds. The smallest absolute Gasteiger partial charge is 0.125 e. The second kappa shape index (κ2) is 5.56. The lowest BCUT2D eigenvalue weighted by atomic mass is 9.92. The van der Waals surface area contributed by atoms with Crippen LogP contribution in [0.2, 0.25) is 0 Å². The number of ether oxygens (including phenoxy) is 1. The summed E-state index contributed by atoms with van der Waals surface area (Å²) in [5, 5.41) is 17.8. The Morgan fingerprint density at radius 2 is 1.72 bits per heavy atom. The van der Waals surface area contributed by atoms with Crippen molar-refractivity contribution >= 4 is 0 Å². The van der Waals surface area contributed by atoms with Crippen LogP contribution in [0.4, 0.5) is 0 Å². The summed E-state index contributed by atoms with van der Waals surface area (Å²) < 4.78 is 5.74. The third kappa shape index (κ3) is 3.50. The first-order chi connectivity index (χ1) is 8.39. The Hall–Kier alpha value is -2.00. The molecule has 0 aliphatic rings. The fourth-order valence-electron chi connectivity index (χ4n) is 1.71. The van der Waals surface area contributed by atoms with Gasteiger partial charge in [0, 0.05) is 0 Å². The molecule has 0 radical (unpaired) electrons. The number of aryl methyl sites for hydroxylation is 2. The number of rotatable bonds is 4. The summed E-state index contributed by atoms with van der Waals surface area (Å²) in [7, 11) is 0. The highest BCUT2D eigenvalue weighted by Crippen LogP contribution is 2.26. The molecule has 0 aliphatic heterocycles. The standard InChI is InChI=1S/C15H18N2O/c1-11-7-13(9-16)8-12(2)14(11)18-6-5-15(3,4)10-17/h7-8H,5-6H2,1-4H3. The highest BCUT2D eigenvalue weighted by Gasteiger charge is 2.17. The maximum absolute atomic E-state index is 8.93. The van der Waals surface area contributed by atoms with E-state index in [1.807, 2.05) is 39.8 Å². The first-order valence-corrected chi connectivity index (χ1v) is 5.95. The molecule has 3 heteroatoms. The molecule has 94 valence electrons. The Bertz CT molecular complexity index is 495. The van der Waals surface area contributed by atoms with Crippen LogP contribution < -0.4 is 4.74 Å². The van der Waals surface area contributed by atoms with Crippen molar-refractivity contribution in [3.63, 3.8) is 0 Å². The van der Waals surface area contributed by atoms with E-state index in [1.165, 1.54) is 0 Å². The van der Waals surface area contributed by atoms with Crippen molar-refractivity contribution < 1.29 is 4.74 Å². The number of hydrogen-bond acceptors (Lipinski definition) is 3. The zero-order chi connectivity index (χ0) is 13.8. The maximum atomic E-state index is 8.93. The molecule has 0 heterocycles. The fourth-order valence-corrected chi connectivity index (χ4v) is 1.71. The minimum atomic E-state index is -0.367. The van der Waals surface area contributed by atoms with Gasteiger partial charge in [-0.05, 0) is 57.4 Å². The van der Waals surface area contributed by atoms with Gasteiger partial charge in [-0.15, -0.1) is 0 Å². The Kier molecular flexibility index (Phi) is 4.34. The second-order valence-corrected chi connectivity index (χ2v) is 5.15. The molecule has 18 heavy (non-hydrogen) atoms. The number of benzene rings is 1. The SMILES string of the molecule is Cc1cc(C#N)cc(C)c1OCCC(C)(C)C#N. The molecular formula is C15H18N2O. The maximum Gasteiger partial charge on any atom is 0.125 e. The van der Waals surface area contributed by atoms with Crippen LogP contribution >= 0.6 is 0 Å². The molecule has 0 aliphatic carbocycles. The zero-order valence-electron chi connectivity index (χ0n) is 11.4. The highest BCUT2D eigenvalue weighted by molar-refractivity contribution is 5.47. The Morgan fingerprint density at radius 1 is 1.17 bits per heavy atom. The number of hydrogen-bond donors (Lipinski definition) is 0. The lowest BCUT2D eigenvalue weighted by molar-refractivity contribution is 0.261. The summed E-state index contributed by atoms with van der Waals surface area (Å²) in [6, 6.07) is 8.01. The van der Waals surface area contributed by atoms with Gasteiger partial charge in [0.1, 0.15) is 5.75 Å². The predicted octanol–water partition coefficient (Wildman–Crippen LogP) is 3.49. The molecule has 1 aromatic carbocycles. The van der Waals surface area contributed by atoms with Crippen LogP contribution in [-0.2, 0) is 0 Å². The summed E-state index contributed by atoms with van der Waals surface area (Å²) in [4.78, 5) is 0. The van der Waals surface area contributed by atoms with E-state index in [0.717, 1.165) is 16.9 Å². The predicted molar refractivity (Wildman–Crippen MR) is 70.1 cm³/mol. The summed E-state index contributed by atoms with van der Waals surface area (Å²) >= 11 is 0. The van der Waals surface area contributed by atoms with E-state index in [4.69, 9.17) is 15.3 Å². The molecule has 0 spiro atoms. The van der Waals surface area contributed by atoms with Gasteiger partial charge >= 0.3 is 0 Å².